The number of rotatable bonds is 5. The highest BCUT2D eigenvalue weighted by molar-refractivity contribution is 5.79. The van der Waals surface area contributed by atoms with Crippen molar-refractivity contribution in [3.8, 4) is 0 Å². The second kappa shape index (κ2) is 6.97. The van der Waals surface area contributed by atoms with Crippen LogP contribution in [0.15, 0.2) is 32.1 Å². The van der Waals surface area contributed by atoms with Crippen LogP contribution in [0.3, 0.4) is 0 Å². The smallest absolute Gasteiger partial charge is 0.191 e. The van der Waals surface area contributed by atoms with Crippen molar-refractivity contribution in [2.24, 2.45) is 4.99 Å². The molecule has 1 unspecified atom stereocenters. The SMILES string of the molecule is CCc1cc(CNC(=NC)NC(C)c2ccc(C)o2)on1. The van der Waals surface area contributed by atoms with E-state index in [9.17, 15) is 0 Å². The Morgan fingerprint density at radius 2 is 2.24 bits per heavy atom. The molecule has 2 rings (SSSR count). The maximum atomic E-state index is 5.60. The molecule has 0 radical (unpaired) electrons. The van der Waals surface area contributed by atoms with E-state index >= 15 is 0 Å². The second-order valence-corrected chi connectivity index (χ2v) is 4.88. The molecule has 2 heterocycles. The Bertz CT molecular complexity index is 600. The Labute approximate surface area is 124 Å². The lowest BCUT2D eigenvalue weighted by Crippen LogP contribution is -2.38. The Balaban J connectivity index is 1.88. The van der Waals surface area contributed by atoms with Gasteiger partial charge in [-0.15, -0.1) is 0 Å². The van der Waals surface area contributed by atoms with Gasteiger partial charge in [-0.2, -0.15) is 0 Å². The van der Waals surface area contributed by atoms with Crippen LogP contribution in [-0.2, 0) is 13.0 Å². The fourth-order valence-corrected chi connectivity index (χ4v) is 1.93. The summed E-state index contributed by atoms with van der Waals surface area (Å²) in [5.41, 5.74) is 0.953. The fourth-order valence-electron chi connectivity index (χ4n) is 1.93. The first-order chi connectivity index (χ1) is 10.1. The van der Waals surface area contributed by atoms with Crippen LogP contribution in [0.25, 0.3) is 0 Å². The maximum absolute atomic E-state index is 5.60. The summed E-state index contributed by atoms with van der Waals surface area (Å²) in [4.78, 5) is 4.19. The lowest BCUT2D eigenvalue weighted by atomic mass is 10.2. The van der Waals surface area contributed by atoms with E-state index in [0.717, 1.165) is 29.4 Å². The van der Waals surface area contributed by atoms with Crippen LogP contribution < -0.4 is 10.6 Å². The normalized spacial score (nSPS) is 13.2. The molecule has 0 saturated carbocycles. The minimum atomic E-state index is 0.0332. The predicted molar refractivity (Wildman–Crippen MR) is 81.1 cm³/mol. The molecule has 2 aromatic rings. The van der Waals surface area contributed by atoms with Crippen LogP contribution >= 0.6 is 0 Å². The standard InChI is InChI=1S/C15H22N4O2/c1-5-12-8-13(21-19-12)9-17-15(16-4)18-11(3)14-7-6-10(2)20-14/h6-8,11H,5,9H2,1-4H3,(H2,16,17,18). The number of furan rings is 1. The summed E-state index contributed by atoms with van der Waals surface area (Å²) in [5, 5.41) is 10.4. The third-order valence-corrected chi connectivity index (χ3v) is 3.16. The van der Waals surface area contributed by atoms with Crippen LogP contribution in [0.1, 0.15) is 42.9 Å². The number of guanidine groups is 1. The summed E-state index contributed by atoms with van der Waals surface area (Å²) in [7, 11) is 1.73. The average molecular weight is 290 g/mol. The van der Waals surface area contributed by atoms with Gasteiger partial charge in [0.15, 0.2) is 11.7 Å². The summed E-state index contributed by atoms with van der Waals surface area (Å²) < 4.78 is 10.8. The molecule has 0 fully saturated rings. The summed E-state index contributed by atoms with van der Waals surface area (Å²) in [6.07, 6.45) is 0.866. The molecule has 6 nitrogen and oxygen atoms in total. The van der Waals surface area contributed by atoms with Gasteiger partial charge in [0.2, 0.25) is 0 Å². The first-order valence-corrected chi connectivity index (χ1v) is 7.10. The van der Waals surface area contributed by atoms with Gasteiger partial charge in [-0.25, -0.2) is 0 Å². The van der Waals surface area contributed by atoms with E-state index in [-0.39, 0.29) is 6.04 Å². The minimum absolute atomic E-state index is 0.0332. The first-order valence-electron chi connectivity index (χ1n) is 7.10. The van der Waals surface area contributed by atoms with Crippen molar-refractivity contribution < 1.29 is 8.94 Å². The molecular formula is C15H22N4O2. The van der Waals surface area contributed by atoms with Crippen LogP contribution in [-0.4, -0.2) is 18.2 Å². The second-order valence-electron chi connectivity index (χ2n) is 4.88. The summed E-state index contributed by atoms with van der Waals surface area (Å²) in [6, 6.07) is 5.89. The van der Waals surface area contributed by atoms with Crippen molar-refractivity contribution in [3.05, 3.63) is 41.2 Å². The molecule has 1 atom stereocenters. The summed E-state index contributed by atoms with van der Waals surface area (Å²) in [5.74, 6) is 3.25. The average Bonchev–Trinajstić information content (AvgIpc) is 3.11. The highest BCUT2D eigenvalue weighted by Crippen LogP contribution is 2.15. The Morgan fingerprint density at radius 1 is 1.43 bits per heavy atom. The van der Waals surface area contributed by atoms with Gasteiger partial charge in [0.05, 0.1) is 18.3 Å². The van der Waals surface area contributed by atoms with Crippen LogP contribution in [0, 0.1) is 6.92 Å². The number of nitrogens with one attached hydrogen (secondary N) is 2. The fraction of sp³-hybridized carbons (Fsp3) is 0.467. The number of hydrogen-bond donors (Lipinski definition) is 2. The van der Waals surface area contributed by atoms with E-state index in [0.29, 0.717) is 12.5 Å². The monoisotopic (exact) mass is 290 g/mol. The predicted octanol–water partition coefficient (Wildman–Crippen LogP) is 2.56. The van der Waals surface area contributed by atoms with E-state index in [4.69, 9.17) is 8.94 Å². The number of nitrogens with zero attached hydrogens (tertiary/aromatic N) is 2. The first kappa shape index (κ1) is 15.2. The number of aryl methyl sites for hydroxylation is 2. The maximum Gasteiger partial charge on any atom is 0.191 e. The van der Waals surface area contributed by atoms with Crippen LogP contribution in [0.2, 0.25) is 0 Å². The van der Waals surface area contributed by atoms with Gasteiger partial charge in [0, 0.05) is 13.1 Å². The number of aromatic nitrogens is 1. The van der Waals surface area contributed by atoms with Gasteiger partial charge in [-0.3, -0.25) is 4.99 Å². The molecule has 0 saturated heterocycles. The number of hydrogen-bond acceptors (Lipinski definition) is 4. The van der Waals surface area contributed by atoms with Crippen molar-refractivity contribution in [2.45, 2.75) is 39.8 Å². The van der Waals surface area contributed by atoms with Crippen LogP contribution in [0.4, 0.5) is 0 Å². The van der Waals surface area contributed by atoms with Crippen molar-refractivity contribution in [3.63, 3.8) is 0 Å². The molecule has 0 bridgehead atoms. The van der Waals surface area contributed by atoms with Crippen molar-refractivity contribution >= 4 is 5.96 Å². The Kier molecular flexibility index (Phi) is 5.03. The molecule has 114 valence electrons. The van der Waals surface area contributed by atoms with Crippen molar-refractivity contribution in [2.75, 3.05) is 7.05 Å². The molecule has 2 N–H and O–H groups in total. The third kappa shape index (κ3) is 4.11. The Hall–Kier alpha value is -2.24. The van der Waals surface area contributed by atoms with Gasteiger partial charge in [-0.05, 0) is 32.4 Å². The van der Waals surface area contributed by atoms with E-state index in [1.165, 1.54) is 0 Å². The zero-order chi connectivity index (χ0) is 15.2. The molecule has 2 aromatic heterocycles. The van der Waals surface area contributed by atoms with Gasteiger partial charge in [0.1, 0.15) is 11.5 Å². The van der Waals surface area contributed by atoms with Gasteiger partial charge < -0.3 is 19.6 Å². The van der Waals surface area contributed by atoms with Gasteiger partial charge in [-0.1, -0.05) is 12.1 Å². The van der Waals surface area contributed by atoms with E-state index in [1.54, 1.807) is 7.05 Å². The third-order valence-electron chi connectivity index (χ3n) is 3.16. The van der Waals surface area contributed by atoms with Crippen molar-refractivity contribution in [1.82, 2.24) is 15.8 Å². The summed E-state index contributed by atoms with van der Waals surface area (Å²) in [6.45, 7) is 6.53. The quantitative estimate of drug-likeness (QED) is 0.654. The molecule has 0 aliphatic heterocycles. The number of aliphatic imine (C=N–C) groups is 1. The lowest BCUT2D eigenvalue weighted by molar-refractivity contribution is 0.374. The molecule has 0 aromatic carbocycles. The highest BCUT2D eigenvalue weighted by atomic mass is 16.5. The molecule has 6 heteroatoms. The lowest BCUT2D eigenvalue weighted by Gasteiger charge is -2.15. The van der Waals surface area contributed by atoms with Crippen molar-refractivity contribution in [1.29, 1.82) is 0 Å². The summed E-state index contributed by atoms with van der Waals surface area (Å²) >= 11 is 0. The molecular weight excluding hydrogens is 268 g/mol. The molecule has 0 aliphatic rings. The molecule has 0 aliphatic carbocycles. The zero-order valence-electron chi connectivity index (χ0n) is 12.9. The zero-order valence-corrected chi connectivity index (χ0v) is 12.9. The molecule has 0 spiro atoms. The van der Waals surface area contributed by atoms with Gasteiger partial charge >= 0.3 is 0 Å². The van der Waals surface area contributed by atoms with Crippen LogP contribution in [0.5, 0.6) is 0 Å². The van der Waals surface area contributed by atoms with E-state index < -0.39 is 0 Å². The van der Waals surface area contributed by atoms with E-state index in [1.807, 2.05) is 39.0 Å². The van der Waals surface area contributed by atoms with Gasteiger partial charge in [0.25, 0.3) is 0 Å². The molecule has 21 heavy (non-hydrogen) atoms. The minimum Gasteiger partial charge on any atom is -0.464 e. The highest BCUT2D eigenvalue weighted by Gasteiger charge is 2.11. The topological polar surface area (TPSA) is 75.6 Å². The largest absolute Gasteiger partial charge is 0.464 e. The van der Waals surface area contributed by atoms with E-state index in [2.05, 4.69) is 20.8 Å². The Morgan fingerprint density at radius 3 is 2.81 bits per heavy atom. The molecule has 0 amide bonds.